The normalized spacial score (nSPS) is 11.8. The van der Waals surface area contributed by atoms with E-state index in [0.717, 1.165) is 0 Å². The zero-order valence-electron chi connectivity index (χ0n) is 16.7. The Balaban J connectivity index is 1.56. The summed E-state index contributed by atoms with van der Waals surface area (Å²) in [5, 5.41) is 5.20. The average Bonchev–Trinajstić information content (AvgIpc) is 2.76. The molecule has 0 aromatic heterocycles. The van der Waals surface area contributed by atoms with Crippen molar-refractivity contribution in [3.05, 3.63) is 92.9 Å². The number of ether oxygens (including phenoxy) is 2. The predicted octanol–water partition coefficient (Wildman–Crippen LogP) is 5.78. The van der Waals surface area contributed by atoms with Crippen molar-refractivity contribution < 1.29 is 19.1 Å². The smallest absolute Gasteiger partial charge is 0.343 e. The second-order valence-electron chi connectivity index (χ2n) is 6.54. The van der Waals surface area contributed by atoms with E-state index in [1.54, 1.807) is 67.6 Å². The summed E-state index contributed by atoms with van der Waals surface area (Å²) in [5.41, 5.74) is 3.37. The molecule has 9 heteroatoms. The fraction of sp³-hybridized carbons (Fsp3) is 0.0870. The molecule has 0 saturated heterocycles. The van der Waals surface area contributed by atoms with Gasteiger partial charge in [0, 0.05) is 10.0 Å². The van der Waals surface area contributed by atoms with Crippen LogP contribution in [0.25, 0.3) is 0 Å². The number of nitrogens with zero attached hydrogens (tertiary/aromatic N) is 1. The Kier molecular flexibility index (Phi) is 8.11. The van der Waals surface area contributed by atoms with Crippen LogP contribution in [0.2, 0.25) is 15.1 Å². The van der Waals surface area contributed by atoms with Crippen LogP contribution in [-0.4, -0.2) is 24.2 Å². The summed E-state index contributed by atoms with van der Waals surface area (Å²) in [5.74, 6) is -0.333. The first-order chi connectivity index (χ1) is 15.3. The largest absolute Gasteiger partial charge is 0.479 e. The van der Waals surface area contributed by atoms with Crippen LogP contribution in [0.4, 0.5) is 0 Å². The van der Waals surface area contributed by atoms with Gasteiger partial charge in [-0.25, -0.2) is 10.2 Å². The van der Waals surface area contributed by atoms with Gasteiger partial charge in [-0.3, -0.25) is 4.79 Å². The first-order valence-corrected chi connectivity index (χ1v) is 10.5. The Bertz CT molecular complexity index is 1150. The van der Waals surface area contributed by atoms with Gasteiger partial charge in [0.2, 0.25) is 0 Å². The number of carbonyl (C=O) groups excluding carboxylic acids is 2. The molecule has 0 spiro atoms. The Hall–Kier alpha value is -3.06. The molecule has 1 amide bonds. The minimum atomic E-state index is -0.850. The van der Waals surface area contributed by atoms with Gasteiger partial charge in [-0.05, 0) is 67.1 Å². The first-order valence-electron chi connectivity index (χ1n) is 9.34. The molecule has 1 N–H and O–H groups in total. The molecule has 3 rings (SSSR count). The summed E-state index contributed by atoms with van der Waals surface area (Å²) < 4.78 is 10.9. The third-order valence-electron chi connectivity index (χ3n) is 4.10. The number of hydrazone groups is 1. The highest BCUT2D eigenvalue weighted by atomic mass is 35.5. The summed E-state index contributed by atoms with van der Waals surface area (Å²) in [7, 11) is 0. The SMILES string of the molecule is C[C@@H](Oc1ccc(Cl)cc1Cl)C(=O)N/N=C\c1cccc(OC(=O)c2ccc(Cl)cc2)c1. The van der Waals surface area contributed by atoms with Gasteiger partial charge >= 0.3 is 5.97 Å². The van der Waals surface area contributed by atoms with E-state index in [2.05, 4.69) is 10.5 Å². The molecule has 32 heavy (non-hydrogen) atoms. The van der Waals surface area contributed by atoms with E-state index in [1.807, 2.05) is 0 Å². The molecule has 0 radical (unpaired) electrons. The monoisotopic (exact) mass is 490 g/mol. The fourth-order valence-electron chi connectivity index (χ4n) is 2.49. The topological polar surface area (TPSA) is 77.0 Å². The number of carbonyl (C=O) groups is 2. The highest BCUT2D eigenvalue weighted by molar-refractivity contribution is 6.35. The zero-order chi connectivity index (χ0) is 23.1. The van der Waals surface area contributed by atoms with Gasteiger partial charge < -0.3 is 9.47 Å². The average molecular weight is 492 g/mol. The van der Waals surface area contributed by atoms with Crippen molar-refractivity contribution in [2.75, 3.05) is 0 Å². The summed E-state index contributed by atoms with van der Waals surface area (Å²) in [6, 6.07) is 17.8. The molecule has 1 atom stereocenters. The van der Waals surface area contributed by atoms with Crippen LogP contribution in [0.15, 0.2) is 71.8 Å². The van der Waals surface area contributed by atoms with Crippen molar-refractivity contribution in [1.29, 1.82) is 0 Å². The number of amides is 1. The lowest BCUT2D eigenvalue weighted by atomic mass is 10.2. The molecule has 0 unspecified atom stereocenters. The van der Waals surface area contributed by atoms with Crippen LogP contribution < -0.4 is 14.9 Å². The van der Waals surface area contributed by atoms with E-state index in [4.69, 9.17) is 44.3 Å². The van der Waals surface area contributed by atoms with Gasteiger partial charge in [0.25, 0.3) is 5.91 Å². The third kappa shape index (κ3) is 6.72. The predicted molar refractivity (Wildman–Crippen MR) is 125 cm³/mol. The Morgan fingerprint density at radius 1 is 0.969 bits per heavy atom. The van der Waals surface area contributed by atoms with Crippen LogP contribution in [0.3, 0.4) is 0 Å². The van der Waals surface area contributed by atoms with Crippen molar-refractivity contribution in [2.24, 2.45) is 5.10 Å². The van der Waals surface area contributed by atoms with E-state index in [1.165, 1.54) is 12.3 Å². The van der Waals surface area contributed by atoms with Crippen LogP contribution in [0.5, 0.6) is 11.5 Å². The summed E-state index contributed by atoms with van der Waals surface area (Å²) in [6.45, 7) is 1.56. The fourth-order valence-corrected chi connectivity index (χ4v) is 3.07. The maximum atomic E-state index is 12.2. The highest BCUT2D eigenvalue weighted by Crippen LogP contribution is 2.28. The van der Waals surface area contributed by atoms with E-state index in [0.29, 0.717) is 37.7 Å². The Morgan fingerprint density at radius 2 is 1.69 bits per heavy atom. The van der Waals surface area contributed by atoms with Crippen LogP contribution >= 0.6 is 34.8 Å². The van der Waals surface area contributed by atoms with E-state index < -0.39 is 18.0 Å². The van der Waals surface area contributed by atoms with Crippen LogP contribution in [-0.2, 0) is 4.79 Å². The molecule has 0 bridgehead atoms. The van der Waals surface area contributed by atoms with Gasteiger partial charge in [-0.2, -0.15) is 5.10 Å². The molecule has 164 valence electrons. The lowest BCUT2D eigenvalue weighted by molar-refractivity contribution is -0.127. The van der Waals surface area contributed by atoms with Crippen LogP contribution in [0, 0.1) is 0 Å². The third-order valence-corrected chi connectivity index (χ3v) is 4.89. The van der Waals surface area contributed by atoms with Crippen molar-refractivity contribution >= 4 is 52.9 Å². The second-order valence-corrected chi connectivity index (χ2v) is 7.82. The summed E-state index contributed by atoms with van der Waals surface area (Å²) >= 11 is 17.7. The summed E-state index contributed by atoms with van der Waals surface area (Å²) in [4.78, 5) is 24.4. The Morgan fingerprint density at radius 3 is 2.41 bits per heavy atom. The molecule has 6 nitrogen and oxygen atoms in total. The van der Waals surface area contributed by atoms with E-state index >= 15 is 0 Å². The molecule has 3 aromatic rings. The number of nitrogens with one attached hydrogen (secondary N) is 1. The molecule has 0 fully saturated rings. The van der Waals surface area contributed by atoms with Gasteiger partial charge in [0.1, 0.15) is 11.5 Å². The quantitative estimate of drug-likeness (QED) is 0.197. The van der Waals surface area contributed by atoms with Gasteiger partial charge in [0.15, 0.2) is 6.10 Å². The highest BCUT2D eigenvalue weighted by Gasteiger charge is 2.15. The van der Waals surface area contributed by atoms with E-state index in [-0.39, 0.29) is 0 Å². The summed E-state index contributed by atoms with van der Waals surface area (Å²) in [6.07, 6.45) is 0.567. The molecule has 0 heterocycles. The molecule has 0 aliphatic rings. The maximum absolute atomic E-state index is 12.2. The number of hydrogen-bond acceptors (Lipinski definition) is 5. The van der Waals surface area contributed by atoms with Crippen LogP contribution in [0.1, 0.15) is 22.8 Å². The van der Waals surface area contributed by atoms with Crippen molar-refractivity contribution in [1.82, 2.24) is 5.43 Å². The molecule has 0 saturated carbocycles. The second kappa shape index (κ2) is 11.0. The number of esters is 1. The molecule has 3 aromatic carbocycles. The van der Waals surface area contributed by atoms with Gasteiger partial charge in [0.05, 0.1) is 16.8 Å². The number of halogens is 3. The standard InChI is InChI=1S/C23H17Cl3N2O4/c1-14(31-21-10-9-18(25)12-20(21)26)22(29)28-27-13-15-3-2-4-19(11-15)32-23(30)16-5-7-17(24)8-6-16/h2-14H,1H3,(H,28,29)/b27-13-/t14-/m1/s1. The molecular weight excluding hydrogens is 475 g/mol. The number of rotatable bonds is 7. The molecule has 0 aliphatic carbocycles. The first kappa shape index (κ1) is 23.6. The minimum Gasteiger partial charge on any atom is -0.479 e. The lowest BCUT2D eigenvalue weighted by Gasteiger charge is -2.14. The number of benzene rings is 3. The maximum Gasteiger partial charge on any atom is 0.343 e. The van der Waals surface area contributed by atoms with E-state index in [9.17, 15) is 9.59 Å². The van der Waals surface area contributed by atoms with Crippen molar-refractivity contribution in [2.45, 2.75) is 13.0 Å². The van der Waals surface area contributed by atoms with Crippen molar-refractivity contribution in [3.8, 4) is 11.5 Å². The lowest BCUT2D eigenvalue weighted by Crippen LogP contribution is -2.33. The minimum absolute atomic E-state index is 0.297. The zero-order valence-corrected chi connectivity index (χ0v) is 19.0. The van der Waals surface area contributed by atoms with Gasteiger partial charge in [-0.1, -0.05) is 46.9 Å². The van der Waals surface area contributed by atoms with Gasteiger partial charge in [-0.15, -0.1) is 0 Å². The van der Waals surface area contributed by atoms with Crippen molar-refractivity contribution in [3.63, 3.8) is 0 Å². The Labute approximate surface area is 199 Å². The number of hydrogen-bond donors (Lipinski definition) is 1. The molecular formula is C23H17Cl3N2O4. The molecule has 0 aliphatic heterocycles.